The Morgan fingerprint density at radius 3 is 2.63 bits per heavy atom. The third kappa shape index (κ3) is 1.81. The highest BCUT2D eigenvalue weighted by atomic mass is 15.2. The molecule has 0 bridgehead atoms. The fourth-order valence-corrected chi connectivity index (χ4v) is 2.11. The first-order valence-corrected chi connectivity index (χ1v) is 6.08. The maximum atomic E-state index is 5.90. The van der Waals surface area contributed by atoms with Gasteiger partial charge in [-0.05, 0) is 26.0 Å². The monoisotopic (exact) mass is 254 g/mol. The Labute approximate surface area is 110 Å². The lowest BCUT2D eigenvalue weighted by atomic mass is 10.3. The van der Waals surface area contributed by atoms with Gasteiger partial charge >= 0.3 is 0 Å². The summed E-state index contributed by atoms with van der Waals surface area (Å²) in [6.07, 6.45) is 4.94. The van der Waals surface area contributed by atoms with E-state index in [1.165, 1.54) is 0 Å². The molecule has 0 spiro atoms. The molecule has 6 nitrogen and oxygen atoms in total. The third-order valence-electron chi connectivity index (χ3n) is 2.90. The van der Waals surface area contributed by atoms with Gasteiger partial charge in [0, 0.05) is 24.6 Å². The summed E-state index contributed by atoms with van der Waals surface area (Å²) in [4.78, 5) is 17.3. The van der Waals surface area contributed by atoms with E-state index in [0.29, 0.717) is 17.3 Å². The predicted molar refractivity (Wildman–Crippen MR) is 73.4 cm³/mol. The Morgan fingerprint density at radius 1 is 1.11 bits per heavy atom. The van der Waals surface area contributed by atoms with Crippen molar-refractivity contribution in [1.29, 1.82) is 0 Å². The summed E-state index contributed by atoms with van der Waals surface area (Å²) < 4.78 is 2.02. The number of nitrogens with two attached hydrogens (primary N) is 1. The molecule has 0 aliphatic heterocycles. The molecule has 2 N–H and O–H groups in total. The van der Waals surface area contributed by atoms with Gasteiger partial charge in [-0.15, -0.1) is 0 Å². The Morgan fingerprint density at radius 2 is 1.89 bits per heavy atom. The number of fused-ring (bicyclic) bond motifs is 1. The zero-order valence-corrected chi connectivity index (χ0v) is 10.8. The van der Waals surface area contributed by atoms with Gasteiger partial charge in [-0.25, -0.2) is 19.9 Å². The average molecular weight is 254 g/mol. The largest absolute Gasteiger partial charge is 0.382 e. The Bertz CT molecular complexity index is 731. The minimum absolute atomic E-state index is 0.205. The molecule has 96 valence electrons. The lowest BCUT2D eigenvalue weighted by molar-refractivity contribution is 0.618. The summed E-state index contributed by atoms with van der Waals surface area (Å²) in [6.45, 7) is 4.15. The number of hydrogen-bond acceptors (Lipinski definition) is 5. The van der Waals surface area contributed by atoms with E-state index in [0.717, 1.165) is 11.2 Å². The van der Waals surface area contributed by atoms with Crippen molar-refractivity contribution in [2.75, 3.05) is 5.73 Å². The molecular weight excluding hydrogens is 240 g/mol. The quantitative estimate of drug-likeness (QED) is 0.756. The first kappa shape index (κ1) is 11.6. The van der Waals surface area contributed by atoms with Crippen molar-refractivity contribution in [3.63, 3.8) is 0 Å². The molecule has 3 rings (SSSR count). The second-order valence-corrected chi connectivity index (χ2v) is 4.54. The van der Waals surface area contributed by atoms with E-state index in [1.807, 2.05) is 16.7 Å². The summed E-state index contributed by atoms with van der Waals surface area (Å²) in [5, 5.41) is 0. The third-order valence-corrected chi connectivity index (χ3v) is 2.90. The molecule has 3 aromatic rings. The van der Waals surface area contributed by atoms with Crippen molar-refractivity contribution in [2.24, 2.45) is 0 Å². The normalized spacial score (nSPS) is 11.3. The van der Waals surface area contributed by atoms with Crippen molar-refractivity contribution >= 4 is 17.0 Å². The number of rotatable bonds is 2. The van der Waals surface area contributed by atoms with Crippen LogP contribution < -0.4 is 5.73 Å². The Kier molecular flexibility index (Phi) is 2.63. The lowest BCUT2D eigenvalue weighted by Crippen LogP contribution is -2.07. The molecule has 0 radical (unpaired) electrons. The number of hydrogen-bond donors (Lipinski definition) is 1. The topological polar surface area (TPSA) is 82.5 Å². The Hall–Kier alpha value is -2.50. The fraction of sp³-hybridized carbons (Fsp3) is 0.231. The molecular formula is C13H14N6. The van der Waals surface area contributed by atoms with Gasteiger partial charge in [-0.1, -0.05) is 0 Å². The summed E-state index contributed by atoms with van der Waals surface area (Å²) in [5.41, 5.74) is 8.15. The van der Waals surface area contributed by atoms with E-state index in [2.05, 4.69) is 33.8 Å². The van der Waals surface area contributed by atoms with E-state index in [4.69, 9.17) is 5.73 Å². The molecule has 0 amide bonds. The van der Waals surface area contributed by atoms with Gasteiger partial charge in [0.25, 0.3) is 0 Å². The van der Waals surface area contributed by atoms with Crippen LogP contribution in [0.1, 0.15) is 19.9 Å². The zero-order valence-electron chi connectivity index (χ0n) is 10.8. The van der Waals surface area contributed by atoms with Crippen molar-refractivity contribution in [3.8, 4) is 11.5 Å². The van der Waals surface area contributed by atoms with E-state index in [1.54, 1.807) is 18.6 Å². The number of imidazole rings is 1. The van der Waals surface area contributed by atoms with Gasteiger partial charge in [0.1, 0.15) is 11.2 Å². The van der Waals surface area contributed by atoms with Gasteiger partial charge < -0.3 is 10.3 Å². The summed E-state index contributed by atoms with van der Waals surface area (Å²) in [7, 11) is 0. The minimum atomic E-state index is 0.205. The number of aromatic nitrogens is 5. The molecule has 3 heterocycles. The SMILES string of the molecule is CC(C)n1c(-c2nccnc2N)nc2cccnc21. The van der Waals surface area contributed by atoms with E-state index in [9.17, 15) is 0 Å². The molecule has 0 fully saturated rings. The van der Waals surface area contributed by atoms with Crippen LogP contribution in [0.25, 0.3) is 22.7 Å². The zero-order chi connectivity index (χ0) is 13.4. The standard InChI is InChI=1S/C13H14N6/c1-8(2)19-12-9(4-3-5-17-12)18-13(19)10-11(14)16-7-6-15-10/h3-8H,1-2H3,(H2,14,16). The first-order valence-electron chi connectivity index (χ1n) is 6.08. The number of nitrogen functional groups attached to an aromatic ring is 1. The predicted octanol–water partition coefficient (Wildman–Crippen LogP) is 2.05. The van der Waals surface area contributed by atoms with Gasteiger partial charge in [-0.3, -0.25) is 0 Å². The van der Waals surface area contributed by atoms with Crippen LogP contribution in [0, 0.1) is 0 Å². The van der Waals surface area contributed by atoms with Crippen LogP contribution in [0.15, 0.2) is 30.7 Å². The van der Waals surface area contributed by atoms with Crippen LogP contribution in [-0.2, 0) is 0 Å². The number of nitrogens with zero attached hydrogens (tertiary/aromatic N) is 5. The highest BCUT2D eigenvalue weighted by Gasteiger charge is 2.18. The molecule has 3 aromatic heterocycles. The molecule has 0 saturated carbocycles. The highest BCUT2D eigenvalue weighted by molar-refractivity contribution is 5.78. The van der Waals surface area contributed by atoms with E-state index >= 15 is 0 Å². The van der Waals surface area contributed by atoms with Crippen molar-refractivity contribution in [3.05, 3.63) is 30.7 Å². The second-order valence-electron chi connectivity index (χ2n) is 4.54. The van der Waals surface area contributed by atoms with Crippen LogP contribution >= 0.6 is 0 Å². The average Bonchev–Trinajstić information content (AvgIpc) is 2.78. The lowest BCUT2D eigenvalue weighted by Gasteiger charge is -2.12. The Balaban J connectivity index is 2.35. The van der Waals surface area contributed by atoms with Crippen LogP contribution in [0.5, 0.6) is 0 Å². The summed E-state index contributed by atoms with van der Waals surface area (Å²) in [6, 6.07) is 4.00. The number of anilines is 1. The molecule has 0 atom stereocenters. The molecule has 0 unspecified atom stereocenters. The van der Waals surface area contributed by atoms with Crippen LogP contribution in [-0.4, -0.2) is 24.5 Å². The second kappa shape index (κ2) is 4.31. The fourth-order valence-electron chi connectivity index (χ4n) is 2.11. The molecule has 6 heteroatoms. The van der Waals surface area contributed by atoms with Gasteiger partial charge in [0.15, 0.2) is 17.3 Å². The van der Waals surface area contributed by atoms with Crippen LogP contribution in [0.3, 0.4) is 0 Å². The minimum Gasteiger partial charge on any atom is -0.382 e. The molecule has 0 saturated heterocycles. The number of pyridine rings is 1. The molecule has 19 heavy (non-hydrogen) atoms. The maximum absolute atomic E-state index is 5.90. The maximum Gasteiger partial charge on any atom is 0.165 e. The summed E-state index contributed by atoms with van der Waals surface area (Å²) in [5.74, 6) is 1.08. The van der Waals surface area contributed by atoms with E-state index < -0.39 is 0 Å². The molecule has 0 aliphatic rings. The molecule has 0 aliphatic carbocycles. The van der Waals surface area contributed by atoms with E-state index in [-0.39, 0.29) is 6.04 Å². The van der Waals surface area contributed by atoms with Crippen LogP contribution in [0.4, 0.5) is 5.82 Å². The van der Waals surface area contributed by atoms with Gasteiger partial charge in [0.05, 0.1) is 0 Å². The van der Waals surface area contributed by atoms with Gasteiger partial charge in [-0.2, -0.15) is 0 Å². The highest BCUT2D eigenvalue weighted by Crippen LogP contribution is 2.27. The van der Waals surface area contributed by atoms with Gasteiger partial charge in [0.2, 0.25) is 0 Å². The summed E-state index contributed by atoms with van der Waals surface area (Å²) >= 11 is 0. The molecule has 0 aromatic carbocycles. The van der Waals surface area contributed by atoms with Crippen molar-refractivity contribution in [1.82, 2.24) is 24.5 Å². The van der Waals surface area contributed by atoms with Crippen LogP contribution in [0.2, 0.25) is 0 Å². The van der Waals surface area contributed by atoms with Crippen molar-refractivity contribution in [2.45, 2.75) is 19.9 Å². The first-order chi connectivity index (χ1) is 9.18. The van der Waals surface area contributed by atoms with Crippen molar-refractivity contribution < 1.29 is 0 Å². The smallest absolute Gasteiger partial charge is 0.165 e.